The van der Waals surface area contributed by atoms with Crippen LogP contribution in [0.4, 0.5) is 0 Å². The van der Waals surface area contributed by atoms with Crippen molar-refractivity contribution in [3.05, 3.63) is 23.2 Å². The molecule has 1 aromatic rings. The highest BCUT2D eigenvalue weighted by atomic mass is 35.5. The Labute approximate surface area is 113 Å². The van der Waals surface area contributed by atoms with Gasteiger partial charge in [-0.25, -0.2) is 13.1 Å². The zero-order valence-corrected chi connectivity index (χ0v) is 12.5. The monoisotopic (exact) mass is 291 g/mol. The van der Waals surface area contributed by atoms with Gasteiger partial charge in [0.1, 0.15) is 10.6 Å². The Morgan fingerprint density at radius 1 is 1.33 bits per heavy atom. The first kappa shape index (κ1) is 15.3. The number of benzene rings is 1. The topological polar surface area (TPSA) is 55.4 Å². The van der Waals surface area contributed by atoms with Crippen LogP contribution in [0.25, 0.3) is 0 Å². The molecule has 0 saturated heterocycles. The lowest BCUT2D eigenvalue weighted by Crippen LogP contribution is -2.32. The van der Waals surface area contributed by atoms with Gasteiger partial charge in [-0.15, -0.1) is 0 Å². The van der Waals surface area contributed by atoms with Gasteiger partial charge in [-0.05, 0) is 23.6 Å². The van der Waals surface area contributed by atoms with E-state index >= 15 is 0 Å². The molecule has 0 unspecified atom stereocenters. The lowest BCUT2D eigenvalue weighted by atomic mass is 9.98. The van der Waals surface area contributed by atoms with Crippen molar-refractivity contribution in [1.82, 2.24) is 4.72 Å². The van der Waals surface area contributed by atoms with Crippen LogP contribution in [0.2, 0.25) is 5.02 Å². The van der Waals surface area contributed by atoms with Crippen LogP contribution >= 0.6 is 11.6 Å². The fourth-order valence-corrected chi connectivity index (χ4v) is 2.96. The van der Waals surface area contributed by atoms with Crippen molar-refractivity contribution in [1.29, 1.82) is 0 Å². The van der Waals surface area contributed by atoms with Crippen LogP contribution < -0.4 is 9.46 Å². The quantitative estimate of drug-likeness (QED) is 0.928. The second-order valence-corrected chi connectivity index (χ2v) is 7.35. The fourth-order valence-electron chi connectivity index (χ4n) is 1.25. The van der Waals surface area contributed by atoms with Gasteiger partial charge in [-0.3, -0.25) is 0 Å². The molecular formula is C12H18ClNO3S. The number of ether oxygens (including phenoxy) is 1. The van der Waals surface area contributed by atoms with Gasteiger partial charge in [-0.1, -0.05) is 32.4 Å². The third-order valence-corrected chi connectivity index (χ3v) is 3.87. The van der Waals surface area contributed by atoms with E-state index in [1.807, 2.05) is 20.8 Å². The highest BCUT2D eigenvalue weighted by Crippen LogP contribution is 2.27. The van der Waals surface area contributed by atoms with Gasteiger partial charge in [-0.2, -0.15) is 0 Å². The van der Waals surface area contributed by atoms with Gasteiger partial charge in [0.15, 0.2) is 0 Å². The molecule has 0 amide bonds. The van der Waals surface area contributed by atoms with Crippen molar-refractivity contribution >= 4 is 21.6 Å². The Morgan fingerprint density at radius 3 is 2.44 bits per heavy atom. The standard InChI is InChI=1S/C12H18ClNO3S/c1-12(2,3)8-14-18(15,16)11-7-9(13)5-6-10(11)17-4/h5-7,14H,8H2,1-4H3. The Morgan fingerprint density at radius 2 is 1.94 bits per heavy atom. The molecule has 0 saturated carbocycles. The minimum atomic E-state index is -3.62. The number of nitrogens with one attached hydrogen (secondary N) is 1. The van der Waals surface area contributed by atoms with E-state index in [4.69, 9.17) is 16.3 Å². The summed E-state index contributed by atoms with van der Waals surface area (Å²) in [6, 6.07) is 4.50. The molecule has 0 spiro atoms. The van der Waals surface area contributed by atoms with Crippen LogP contribution in [0.3, 0.4) is 0 Å². The summed E-state index contributed by atoms with van der Waals surface area (Å²) in [5, 5.41) is 0.354. The summed E-state index contributed by atoms with van der Waals surface area (Å²) in [5.74, 6) is 0.279. The molecule has 0 fully saturated rings. The van der Waals surface area contributed by atoms with Crippen LogP contribution in [0.5, 0.6) is 5.75 Å². The zero-order valence-electron chi connectivity index (χ0n) is 11.0. The number of rotatable bonds is 4. The number of methoxy groups -OCH3 is 1. The molecule has 18 heavy (non-hydrogen) atoms. The normalized spacial score (nSPS) is 12.5. The third-order valence-electron chi connectivity index (χ3n) is 2.21. The Bertz CT molecular complexity index is 521. The molecule has 1 aromatic carbocycles. The summed E-state index contributed by atoms with van der Waals surface area (Å²) in [6.07, 6.45) is 0. The van der Waals surface area contributed by atoms with Crippen molar-refractivity contribution in [2.24, 2.45) is 5.41 Å². The smallest absolute Gasteiger partial charge is 0.244 e. The van der Waals surface area contributed by atoms with Gasteiger partial charge in [0.2, 0.25) is 10.0 Å². The van der Waals surface area contributed by atoms with Crippen LogP contribution in [0, 0.1) is 5.41 Å². The Kier molecular flexibility index (Phi) is 4.64. The molecule has 0 radical (unpaired) electrons. The zero-order chi connectivity index (χ0) is 14.0. The summed E-state index contributed by atoms with van der Waals surface area (Å²) in [5.41, 5.74) is -0.140. The minimum Gasteiger partial charge on any atom is -0.495 e. The molecule has 1 N–H and O–H groups in total. The van der Waals surface area contributed by atoms with Crippen molar-refractivity contribution < 1.29 is 13.2 Å². The minimum absolute atomic E-state index is 0.0572. The molecule has 0 bridgehead atoms. The Hall–Kier alpha value is -0.780. The molecule has 0 heterocycles. The van der Waals surface area contributed by atoms with Crippen LogP contribution in [-0.2, 0) is 10.0 Å². The van der Waals surface area contributed by atoms with E-state index in [1.165, 1.54) is 19.2 Å². The maximum Gasteiger partial charge on any atom is 0.244 e. The second-order valence-electron chi connectivity index (χ2n) is 5.18. The maximum absolute atomic E-state index is 12.2. The largest absolute Gasteiger partial charge is 0.495 e. The van der Waals surface area contributed by atoms with Crippen molar-refractivity contribution in [3.8, 4) is 5.75 Å². The van der Waals surface area contributed by atoms with Crippen molar-refractivity contribution in [2.45, 2.75) is 25.7 Å². The average molecular weight is 292 g/mol. The lowest BCUT2D eigenvalue weighted by Gasteiger charge is -2.19. The summed E-state index contributed by atoms with van der Waals surface area (Å²) >= 11 is 5.82. The highest BCUT2D eigenvalue weighted by molar-refractivity contribution is 7.89. The summed E-state index contributed by atoms with van der Waals surface area (Å²) in [4.78, 5) is 0.0572. The Balaban J connectivity index is 3.08. The number of hydrogen-bond acceptors (Lipinski definition) is 3. The summed E-state index contributed by atoms with van der Waals surface area (Å²) in [7, 11) is -2.20. The van der Waals surface area contributed by atoms with Gasteiger partial charge in [0.05, 0.1) is 7.11 Å². The molecule has 0 aromatic heterocycles. The number of hydrogen-bond donors (Lipinski definition) is 1. The van der Waals surface area contributed by atoms with E-state index < -0.39 is 10.0 Å². The predicted octanol–water partition coefficient (Wildman–Crippen LogP) is 2.67. The van der Waals surface area contributed by atoms with E-state index in [2.05, 4.69) is 4.72 Å². The average Bonchev–Trinajstić information content (AvgIpc) is 2.26. The predicted molar refractivity (Wildman–Crippen MR) is 72.6 cm³/mol. The van der Waals surface area contributed by atoms with Crippen molar-refractivity contribution in [2.75, 3.05) is 13.7 Å². The third kappa shape index (κ3) is 4.15. The highest BCUT2D eigenvalue weighted by Gasteiger charge is 2.22. The molecule has 1 rings (SSSR count). The van der Waals surface area contributed by atoms with Gasteiger partial charge in [0, 0.05) is 11.6 Å². The maximum atomic E-state index is 12.2. The molecule has 6 heteroatoms. The molecule has 0 atom stereocenters. The molecule has 0 aliphatic rings. The molecular weight excluding hydrogens is 274 g/mol. The van der Waals surface area contributed by atoms with E-state index in [9.17, 15) is 8.42 Å². The first-order chi connectivity index (χ1) is 8.15. The molecule has 0 aliphatic heterocycles. The van der Waals surface area contributed by atoms with Crippen LogP contribution in [0.15, 0.2) is 23.1 Å². The summed E-state index contributed by atoms with van der Waals surface area (Å²) in [6.45, 7) is 6.19. The first-order valence-corrected chi connectivity index (χ1v) is 7.35. The number of halogens is 1. The number of sulfonamides is 1. The first-order valence-electron chi connectivity index (χ1n) is 5.49. The van der Waals surface area contributed by atoms with E-state index in [0.717, 1.165) is 0 Å². The van der Waals surface area contributed by atoms with Gasteiger partial charge >= 0.3 is 0 Å². The van der Waals surface area contributed by atoms with E-state index in [-0.39, 0.29) is 16.1 Å². The van der Waals surface area contributed by atoms with Gasteiger partial charge < -0.3 is 4.74 Å². The molecule has 4 nitrogen and oxygen atoms in total. The SMILES string of the molecule is COc1ccc(Cl)cc1S(=O)(=O)NCC(C)(C)C. The van der Waals surface area contributed by atoms with E-state index in [0.29, 0.717) is 11.6 Å². The fraction of sp³-hybridized carbons (Fsp3) is 0.500. The van der Waals surface area contributed by atoms with E-state index in [1.54, 1.807) is 6.07 Å². The van der Waals surface area contributed by atoms with Crippen LogP contribution in [0.1, 0.15) is 20.8 Å². The summed E-state index contributed by atoms with van der Waals surface area (Å²) < 4.78 is 31.9. The molecule has 0 aliphatic carbocycles. The van der Waals surface area contributed by atoms with Gasteiger partial charge in [0.25, 0.3) is 0 Å². The lowest BCUT2D eigenvalue weighted by molar-refractivity contribution is 0.396. The second kappa shape index (κ2) is 5.47. The van der Waals surface area contributed by atoms with Crippen LogP contribution in [-0.4, -0.2) is 22.1 Å². The molecule has 102 valence electrons. The van der Waals surface area contributed by atoms with Crippen molar-refractivity contribution in [3.63, 3.8) is 0 Å².